The van der Waals surface area contributed by atoms with Gasteiger partial charge >= 0.3 is 6.09 Å². The fourth-order valence-electron chi connectivity index (χ4n) is 5.42. The van der Waals surface area contributed by atoms with Crippen molar-refractivity contribution in [1.82, 2.24) is 9.27 Å². The van der Waals surface area contributed by atoms with Crippen molar-refractivity contribution < 1.29 is 9.90 Å². The Bertz CT molecular complexity index is 1110. The first-order valence-corrected chi connectivity index (χ1v) is 13.3. The van der Waals surface area contributed by atoms with Crippen LogP contribution in [0.15, 0.2) is 48.5 Å². The number of carboxylic acid groups (broad SMARTS) is 1. The van der Waals surface area contributed by atoms with Crippen LogP contribution in [0, 0.1) is 5.92 Å². The van der Waals surface area contributed by atoms with E-state index in [1.54, 1.807) is 35.8 Å². The van der Waals surface area contributed by atoms with E-state index in [9.17, 15) is 9.90 Å². The van der Waals surface area contributed by atoms with Crippen molar-refractivity contribution in [1.29, 1.82) is 0 Å². The summed E-state index contributed by atoms with van der Waals surface area (Å²) in [5, 5.41) is 11.7. The number of hydrogen-bond acceptors (Lipinski definition) is 5. The lowest BCUT2D eigenvalue weighted by molar-refractivity contribution is 0.189. The van der Waals surface area contributed by atoms with Crippen molar-refractivity contribution in [3.8, 4) is 0 Å². The molecule has 2 fully saturated rings. The van der Waals surface area contributed by atoms with Gasteiger partial charge in [0, 0.05) is 48.3 Å². The molecule has 0 radical (unpaired) electrons. The molecule has 1 amide bonds. The van der Waals surface area contributed by atoms with Gasteiger partial charge in [0.2, 0.25) is 0 Å². The first kappa shape index (κ1) is 23.4. The molecule has 2 heterocycles. The number of nitrogens with zero attached hydrogens (tertiary/aromatic N) is 4. The summed E-state index contributed by atoms with van der Waals surface area (Å²) in [4.78, 5) is 18.5. The molecule has 1 N–H and O–H groups in total. The van der Waals surface area contributed by atoms with E-state index in [0.29, 0.717) is 16.6 Å². The number of hydrogen-bond donors (Lipinski definition) is 1. The highest BCUT2D eigenvalue weighted by Gasteiger charge is 2.30. The molecule has 1 aliphatic heterocycles. The second kappa shape index (κ2) is 10.5. The van der Waals surface area contributed by atoms with Crippen LogP contribution in [-0.2, 0) is 0 Å². The smallest absolute Gasteiger partial charge is 0.412 e. The molecule has 1 saturated carbocycles. The van der Waals surface area contributed by atoms with Gasteiger partial charge in [-0.3, -0.25) is 9.80 Å². The Kier molecular flexibility index (Phi) is 7.23. The molecular formula is C26H31ClN4O2S. The summed E-state index contributed by atoms with van der Waals surface area (Å²) in [7, 11) is 0. The van der Waals surface area contributed by atoms with Crippen LogP contribution >= 0.6 is 23.1 Å². The Morgan fingerprint density at radius 1 is 1.03 bits per heavy atom. The van der Waals surface area contributed by atoms with Gasteiger partial charge in [0.15, 0.2) is 0 Å². The number of fused-ring (bicyclic) bond motifs is 1. The maximum absolute atomic E-state index is 12.0. The van der Waals surface area contributed by atoms with Crippen LogP contribution in [0.25, 0.3) is 10.1 Å². The third-order valence-corrected chi connectivity index (χ3v) is 8.45. The highest BCUT2D eigenvalue weighted by Crippen LogP contribution is 2.33. The van der Waals surface area contributed by atoms with E-state index in [-0.39, 0.29) is 6.04 Å². The third kappa shape index (κ3) is 5.16. The molecule has 34 heavy (non-hydrogen) atoms. The van der Waals surface area contributed by atoms with Crippen molar-refractivity contribution in [2.24, 2.45) is 5.92 Å². The average molecular weight is 499 g/mol. The van der Waals surface area contributed by atoms with Gasteiger partial charge in [-0.25, -0.2) is 4.79 Å². The molecular weight excluding hydrogens is 468 g/mol. The number of rotatable bonds is 6. The van der Waals surface area contributed by atoms with Gasteiger partial charge in [-0.2, -0.15) is 4.37 Å². The molecule has 2 aromatic carbocycles. The van der Waals surface area contributed by atoms with Gasteiger partial charge < -0.3 is 10.0 Å². The van der Waals surface area contributed by atoms with Crippen molar-refractivity contribution >= 4 is 50.8 Å². The minimum Gasteiger partial charge on any atom is -0.465 e. The highest BCUT2D eigenvalue weighted by atomic mass is 35.5. The Balaban J connectivity index is 1.08. The number of halogens is 1. The molecule has 0 bridgehead atoms. The van der Waals surface area contributed by atoms with Gasteiger partial charge in [-0.1, -0.05) is 23.7 Å². The molecule has 0 atom stereocenters. The summed E-state index contributed by atoms with van der Waals surface area (Å²) >= 11 is 7.57. The minimum absolute atomic E-state index is 0.0476. The first-order valence-electron chi connectivity index (χ1n) is 12.2. The minimum atomic E-state index is -0.878. The lowest BCUT2D eigenvalue weighted by Crippen LogP contribution is -2.47. The molecule has 6 nitrogen and oxygen atoms in total. The summed E-state index contributed by atoms with van der Waals surface area (Å²) in [5.74, 6) is 1.82. The van der Waals surface area contributed by atoms with E-state index in [2.05, 4.69) is 34.1 Å². The maximum atomic E-state index is 12.0. The number of anilines is 2. The van der Waals surface area contributed by atoms with Crippen LogP contribution < -0.4 is 9.80 Å². The number of aromatic nitrogens is 1. The van der Waals surface area contributed by atoms with Crippen LogP contribution in [0.2, 0.25) is 5.02 Å². The van der Waals surface area contributed by atoms with Gasteiger partial charge in [-0.15, -0.1) is 0 Å². The molecule has 1 aliphatic carbocycles. The van der Waals surface area contributed by atoms with Crippen LogP contribution in [0.3, 0.4) is 0 Å². The zero-order valence-corrected chi connectivity index (χ0v) is 20.8. The molecule has 180 valence electrons. The molecule has 0 unspecified atom stereocenters. The lowest BCUT2D eigenvalue weighted by atomic mass is 9.83. The number of piperazine rings is 1. The molecule has 2 aliphatic rings. The van der Waals surface area contributed by atoms with Gasteiger partial charge in [0.1, 0.15) is 5.82 Å². The van der Waals surface area contributed by atoms with Crippen molar-refractivity contribution in [2.75, 3.05) is 42.5 Å². The predicted octanol–water partition coefficient (Wildman–Crippen LogP) is 6.21. The monoisotopic (exact) mass is 498 g/mol. The van der Waals surface area contributed by atoms with Gasteiger partial charge in [0.05, 0.1) is 4.70 Å². The summed E-state index contributed by atoms with van der Waals surface area (Å²) < 4.78 is 5.98. The van der Waals surface area contributed by atoms with E-state index in [4.69, 9.17) is 16.0 Å². The standard InChI is InChI=1S/C26H31ClN4O2S/c27-20-7-11-22(12-8-20)31(26(32)33)21-9-5-19(6-10-21)13-14-29-15-17-30(18-16-29)25-23-3-1-2-4-24(23)34-28-25/h1-4,7-8,11-12,19,21H,5-6,9-10,13-18H2,(H,32,33)/t19-,21-. The van der Waals surface area contributed by atoms with E-state index in [1.165, 1.54) is 21.4 Å². The predicted molar refractivity (Wildman–Crippen MR) is 141 cm³/mol. The van der Waals surface area contributed by atoms with E-state index >= 15 is 0 Å². The summed E-state index contributed by atoms with van der Waals surface area (Å²) in [6, 6.07) is 15.7. The van der Waals surface area contributed by atoms with Gasteiger partial charge in [0.25, 0.3) is 0 Å². The molecule has 3 aromatic rings. The summed E-state index contributed by atoms with van der Waals surface area (Å²) in [6.45, 7) is 5.32. The molecule has 1 saturated heterocycles. The van der Waals surface area contributed by atoms with E-state index in [1.807, 2.05) is 0 Å². The fourth-order valence-corrected chi connectivity index (χ4v) is 6.34. The highest BCUT2D eigenvalue weighted by molar-refractivity contribution is 7.13. The Hall–Kier alpha value is -2.35. The zero-order chi connectivity index (χ0) is 23.5. The second-order valence-corrected chi connectivity index (χ2v) is 10.7. The van der Waals surface area contributed by atoms with Crippen LogP contribution in [-0.4, -0.2) is 59.2 Å². The quantitative estimate of drug-likeness (QED) is 0.438. The fraction of sp³-hybridized carbons (Fsp3) is 0.462. The number of carbonyl (C=O) groups is 1. The molecule has 1 aromatic heterocycles. The van der Waals surface area contributed by atoms with E-state index < -0.39 is 6.09 Å². The number of benzene rings is 2. The maximum Gasteiger partial charge on any atom is 0.412 e. The van der Waals surface area contributed by atoms with E-state index in [0.717, 1.165) is 64.2 Å². The topological polar surface area (TPSA) is 59.9 Å². The Morgan fingerprint density at radius 2 is 1.74 bits per heavy atom. The van der Waals surface area contributed by atoms with Crippen molar-refractivity contribution in [3.63, 3.8) is 0 Å². The summed E-state index contributed by atoms with van der Waals surface area (Å²) in [5.41, 5.74) is 0.714. The SMILES string of the molecule is O=C(O)N(c1ccc(Cl)cc1)[C@H]1CC[C@H](CCN2CCN(c3nsc4ccccc34)CC2)CC1. The van der Waals surface area contributed by atoms with Crippen molar-refractivity contribution in [3.05, 3.63) is 53.6 Å². The molecule has 5 rings (SSSR count). The second-order valence-electron chi connectivity index (χ2n) is 9.42. The lowest BCUT2D eigenvalue weighted by Gasteiger charge is -2.38. The third-order valence-electron chi connectivity index (χ3n) is 7.38. The Morgan fingerprint density at radius 3 is 2.44 bits per heavy atom. The van der Waals surface area contributed by atoms with Crippen LogP contribution in [0.1, 0.15) is 32.1 Å². The van der Waals surface area contributed by atoms with Gasteiger partial charge in [-0.05, 0) is 92.5 Å². The molecule has 0 spiro atoms. The Labute approximate surface area is 209 Å². The average Bonchev–Trinajstić information content (AvgIpc) is 3.29. The zero-order valence-electron chi connectivity index (χ0n) is 19.3. The largest absolute Gasteiger partial charge is 0.465 e. The van der Waals surface area contributed by atoms with Crippen LogP contribution in [0.4, 0.5) is 16.3 Å². The normalized spacial score (nSPS) is 21.6. The molecule has 8 heteroatoms. The summed E-state index contributed by atoms with van der Waals surface area (Å²) in [6.07, 6.45) is 4.34. The van der Waals surface area contributed by atoms with Crippen LogP contribution in [0.5, 0.6) is 0 Å². The number of amides is 1. The van der Waals surface area contributed by atoms with Crippen molar-refractivity contribution in [2.45, 2.75) is 38.1 Å². The first-order chi connectivity index (χ1) is 16.6.